The Morgan fingerprint density at radius 1 is 0.967 bits per heavy atom. The fraction of sp³-hybridized carbons (Fsp3) is 0.250. The number of hydrogen-bond acceptors (Lipinski definition) is 4. The molecule has 0 fully saturated rings. The Labute approximate surface area is 176 Å². The number of rotatable bonds is 7. The number of benzene rings is 2. The summed E-state index contributed by atoms with van der Waals surface area (Å²) in [6.45, 7) is 6.61. The summed E-state index contributed by atoms with van der Waals surface area (Å²) < 4.78 is 10.6. The molecule has 0 aliphatic carbocycles. The molecular formula is C24H26N2O4. The Morgan fingerprint density at radius 3 is 2.27 bits per heavy atom. The number of hydrogen-bond donors (Lipinski definition) is 2. The summed E-state index contributed by atoms with van der Waals surface area (Å²) in [5.41, 5.74) is 2.46. The third kappa shape index (κ3) is 5.98. The summed E-state index contributed by atoms with van der Waals surface area (Å²) in [7, 11) is 0. The van der Waals surface area contributed by atoms with Crippen molar-refractivity contribution in [3.63, 3.8) is 0 Å². The van der Waals surface area contributed by atoms with Crippen molar-refractivity contribution in [2.75, 3.05) is 11.9 Å². The number of ether oxygens (including phenoxy) is 1. The minimum Gasteiger partial charge on any atom is -0.484 e. The van der Waals surface area contributed by atoms with Crippen LogP contribution in [0.4, 0.5) is 5.69 Å². The van der Waals surface area contributed by atoms with Gasteiger partial charge in [-0.05, 0) is 59.5 Å². The van der Waals surface area contributed by atoms with Crippen LogP contribution in [-0.2, 0) is 16.8 Å². The highest BCUT2D eigenvalue weighted by atomic mass is 16.5. The van der Waals surface area contributed by atoms with Gasteiger partial charge in [-0.1, -0.05) is 32.9 Å². The van der Waals surface area contributed by atoms with Gasteiger partial charge in [0.15, 0.2) is 6.61 Å². The Bertz CT molecular complexity index is 970. The smallest absolute Gasteiger partial charge is 0.258 e. The molecule has 3 rings (SSSR count). The Balaban J connectivity index is 1.48. The van der Waals surface area contributed by atoms with Crippen LogP contribution < -0.4 is 15.4 Å². The zero-order valence-electron chi connectivity index (χ0n) is 17.4. The van der Waals surface area contributed by atoms with Gasteiger partial charge in [0.2, 0.25) is 0 Å². The van der Waals surface area contributed by atoms with Crippen LogP contribution in [0.5, 0.6) is 5.75 Å². The molecule has 2 aromatic carbocycles. The minimum atomic E-state index is -0.248. The molecule has 0 bridgehead atoms. The third-order valence-electron chi connectivity index (χ3n) is 4.54. The SMILES string of the molecule is CC(C)(C)c1ccc(C(=O)Nc2ccc(OCC(=O)NCc3ccco3)cc2)cc1. The van der Waals surface area contributed by atoms with Crippen molar-refractivity contribution in [3.8, 4) is 5.75 Å². The predicted molar refractivity (Wildman–Crippen MR) is 116 cm³/mol. The second kappa shape index (κ2) is 9.31. The molecular weight excluding hydrogens is 380 g/mol. The molecule has 3 aromatic rings. The molecule has 2 N–H and O–H groups in total. The molecule has 0 saturated carbocycles. The van der Waals surface area contributed by atoms with Crippen molar-refractivity contribution in [2.24, 2.45) is 0 Å². The largest absolute Gasteiger partial charge is 0.484 e. The normalized spacial score (nSPS) is 11.0. The van der Waals surface area contributed by atoms with Crippen molar-refractivity contribution in [2.45, 2.75) is 32.7 Å². The Kier molecular flexibility index (Phi) is 6.57. The van der Waals surface area contributed by atoms with E-state index in [2.05, 4.69) is 31.4 Å². The summed E-state index contributed by atoms with van der Waals surface area (Å²) >= 11 is 0. The van der Waals surface area contributed by atoms with Crippen molar-refractivity contribution < 1.29 is 18.7 Å². The summed E-state index contributed by atoms with van der Waals surface area (Å²) in [5, 5.41) is 5.57. The first kappa shape index (κ1) is 21.2. The van der Waals surface area contributed by atoms with Gasteiger partial charge in [0.05, 0.1) is 12.8 Å². The number of nitrogens with one attached hydrogen (secondary N) is 2. The van der Waals surface area contributed by atoms with E-state index in [1.54, 1.807) is 42.7 Å². The zero-order chi connectivity index (χ0) is 21.6. The standard InChI is InChI=1S/C24H26N2O4/c1-24(2,3)18-8-6-17(7-9-18)23(28)26-19-10-12-20(13-11-19)30-16-22(27)25-15-21-5-4-14-29-21/h4-14H,15-16H2,1-3H3,(H,25,27)(H,26,28). The average Bonchev–Trinajstić information content (AvgIpc) is 3.25. The molecule has 0 aliphatic rings. The van der Waals surface area contributed by atoms with Crippen molar-refractivity contribution in [3.05, 3.63) is 83.8 Å². The highest BCUT2D eigenvalue weighted by Crippen LogP contribution is 2.22. The number of carbonyl (C=O) groups excluding carboxylic acids is 2. The van der Waals surface area contributed by atoms with Gasteiger partial charge < -0.3 is 19.8 Å². The second-order valence-electron chi connectivity index (χ2n) is 7.95. The van der Waals surface area contributed by atoms with E-state index in [1.165, 1.54) is 5.56 Å². The summed E-state index contributed by atoms with van der Waals surface area (Å²) in [4.78, 5) is 24.3. The number of carbonyl (C=O) groups is 2. The first-order valence-electron chi connectivity index (χ1n) is 9.75. The van der Waals surface area contributed by atoms with Crippen LogP contribution >= 0.6 is 0 Å². The lowest BCUT2D eigenvalue weighted by atomic mass is 9.87. The molecule has 0 radical (unpaired) electrons. The molecule has 2 amide bonds. The lowest BCUT2D eigenvalue weighted by molar-refractivity contribution is -0.123. The van der Waals surface area contributed by atoms with Gasteiger partial charge in [-0.25, -0.2) is 0 Å². The zero-order valence-corrected chi connectivity index (χ0v) is 17.4. The van der Waals surface area contributed by atoms with Crippen LogP contribution in [0.3, 0.4) is 0 Å². The predicted octanol–water partition coefficient (Wildman–Crippen LogP) is 4.52. The lowest BCUT2D eigenvalue weighted by Gasteiger charge is -2.19. The van der Waals surface area contributed by atoms with E-state index in [0.29, 0.717) is 29.3 Å². The fourth-order valence-electron chi connectivity index (χ4n) is 2.76. The molecule has 1 aromatic heterocycles. The molecule has 0 spiro atoms. The Hall–Kier alpha value is -3.54. The van der Waals surface area contributed by atoms with Crippen LogP contribution in [0, 0.1) is 0 Å². The van der Waals surface area contributed by atoms with E-state index in [9.17, 15) is 9.59 Å². The quantitative estimate of drug-likeness (QED) is 0.604. The molecule has 30 heavy (non-hydrogen) atoms. The van der Waals surface area contributed by atoms with E-state index in [-0.39, 0.29) is 23.8 Å². The average molecular weight is 406 g/mol. The maximum absolute atomic E-state index is 12.4. The van der Waals surface area contributed by atoms with Gasteiger partial charge >= 0.3 is 0 Å². The first-order chi connectivity index (χ1) is 14.3. The van der Waals surface area contributed by atoms with E-state index in [1.807, 2.05) is 24.3 Å². The number of furan rings is 1. The molecule has 1 heterocycles. The number of amides is 2. The van der Waals surface area contributed by atoms with Crippen LogP contribution in [0.1, 0.15) is 42.5 Å². The van der Waals surface area contributed by atoms with Crippen molar-refractivity contribution in [1.82, 2.24) is 5.32 Å². The summed E-state index contributed by atoms with van der Waals surface area (Å²) in [6, 6.07) is 18.0. The van der Waals surface area contributed by atoms with Gasteiger partial charge in [-0.2, -0.15) is 0 Å². The summed E-state index contributed by atoms with van der Waals surface area (Å²) in [6.07, 6.45) is 1.55. The topological polar surface area (TPSA) is 80.6 Å². The minimum absolute atomic E-state index is 0.0422. The van der Waals surface area contributed by atoms with Crippen molar-refractivity contribution in [1.29, 1.82) is 0 Å². The lowest BCUT2D eigenvalue weighted by Crippen LogP contribution is -2.28. The summed E-state index contributed by atoms with van der Waals surface area (Å²) in [5.74, 6) is 0.788. The van der Waals surface area contributed by atoms with E-state index in [0.717, 1.165) is 0 Å². The maximum atomic E-state index is 12.4. The van der Waals surface area contributed by atoms with Gasteiger partial charge in [0, 0.05) is 11.3 Å². The first-order valence-corrected chi connectivity index (χ1v) is 9.75. The van der Waals surface area contributed by atoms with E-state index >= 15 is 0 Å². The molecule has 0 saturated heterocycles. The molecule has 6 heteroatoms. The van der Waals surface area contributed by atoms with E-state index < -0.39 is 0 Å². The van der Waals surface area contributed by atoms with Gasteiger partial charge in [-0.3, -0.25) is 9.59 Å². The second-order valence-corrected chi connectivity index (χ2v) is 7.95. The van der Waals surface area contributed by atoms with Crippen LogP contribution in [0.15, 0.2) is 71.3 Å². The van der Waals surface area contributed by atoms with Gasteiger partial charge in [0.1, 0.15) is 11.5 Å². The number of anilines is 1. The van der Waals surface area contributed by atoms with Crippen molar-refractivity contribution >= 4 is 17.5 Å². The molecule has 0 unspecified atom stereocenters. The van der Waals surface area contributed by atoms with Crippen LogP contribution in [0.2, 0.25) is 0 Å². The van der Waals surface area contributed by atoms with E-state index in [4.69, 9.17) is 9.15 Å². The molecule has 6 nitrogen and oxygen atoms in total. The fourth-order valence-corrected chi connectivity index (χ4v) is 2.76. The Morgan fingerprint density at radius 2 is 1.67 bits per heavy atom. The van der Waals surface area contributed by atoms with Crippen LogP contribution in [-0.4, -0.2) is 18.4 Å². The van der Waals surface area contributed by atoms with Crippen LogP contribution in [0.25, 0.3) is 0 Å². The van der Waals surface area contributed by atoms with Gasteiger partial charge in [0.25, 0.3) is 11.8 Å². The van der Waals surface area contributed by atoms with Gasteiger partial charge in [-0.15, -0.1) is 0 Å². The molecule has 156 valence electrons. The third-order valence-corrected chi connectivity index (χ3v) is 4.54. The monoisotopic (exact) mass is 406 g/mol. The highest BCUT2D eigenvalue weighted by Gasteiger charge is 2.14. The highest BCUT2D eigenvalue weighted by molar-refractivity contribution is 6.04. The molecule has 0 atom stereocenters. The molecule has 0 aliphatic heterocycles. The maximum Gasteiger partial charge on any atom is 0.258 e.